The van der Waals surface area contributed by atoms with Crippen molar-refractivity contribution in [2.24, 2.45) is 0 Å². The van der Waals surface area contributed by atoms with Crippen LogP contribution < -0.4 is 15.8 Å². The average molecular weight is 433 g/mol. The van der Waals surface area contributed by atoms with Gasteiger partial charge in [0.15, 0.2) is 0 Å². The molecule has 2 N–H and O–H groups in total. The first kappa shape index (κ1) is 19.8. The minimum absolute atomic E-state index is 0.101. The molecule has 1 fully saturated rings. The standard InChI is InChI=1S/C24H24N4O2S/c1-16(25-18-7-9-19(10-8-18)28-11-13-30-14-12-28)22-26-23(29)21-20(15-31-24(21)27-22)17-5-3-2-4-6-17/h2-10,15-16,25H,11-14H2,1H3,(H,26,27,29). The van der Waals surface area contributed by atoms with E-state index in [4.69, 9.17) is 9.72 Å². The third kappa shape index (κ3) is 4.06. The van der Waals surface area contributed by atoms with E-state index >= 15 is 0 Å². The van der Waals surface area contributed by atoms with E-state index < -0.39 is 0 Å². The Kier molecular flexibility index (Phi) is 5.44. The minimum atomic E-state index is -0.131. The predicted octanol–water partition coefficient (Wildman–Crippen LogP) is 4.66. The number of hydrogen-bond acceptors (Lipinski definition) is 6. The number of aromatic amines is 1. The monoisotopic (exact) mass is 432 g/mol. The molecule has 0 spiro atoms. The van der Waals surface area contributed by atoms with Crippen molar-refractivity contribution in [1.82, 2.24) is 9.97 Å². The number of aromatic nitrogens is 2. The third-order valence-electron chi connectivity index (χ3n) is 5.58. The zero-order chi connectivity index (χ0) is 21.2. The summed E-state index contributed by atoms with van der Waals surface area (Å²) in [4.78, 5) is 23.7. The Morgan fingerprint density at radius 2 is 1.84 bits per heavy atom. The van der Waals surface area contributed by atoms with Gasteiger partial charge < -0.3 is 19.9 Å². The van der Waals surface area contributed by atoms with Gasteiger partial charge in [-0.1, -0.05) is 30.3 Å². The maximum Gasteiger partial charge on any atom is 0.260 e. The van der Waals surface area contributed by atoms with Crippen LogP contribution in [0.4, 0.5) is 11.4 Å². The second kappa shape index (κ2) is 8.53. The number of nitrogens with one attached hydrogen (secondary N) is 2. The first-order valence-electron chi connectivity index (χ1n) is 10.5. The van der Waals surface area contributed by atoms with Crippen molar-refractivity contribution in [3.63, 3.8) is 0 Å². The van der Waals surface area contributed by atoms with E-state index in [-0.39, 0.29) is 11.6 Å². The van der Waals surface area contributed by atoms with Crippen LogP contribution >= 0.6 is 11.3 Å². The molecule has 4 aromatic rings. The number of rotatable bonds is 5. The van der Waals surface area contributed by atoms with Crippen molar-refractivity contribution in [2.75, 3.05) is 36.5 Å². The molecule has 0 amide bonds. The van der Waals surface area contributed by atoms with Gasteiger partial charge in [-0.15, -0.1) is 11.3 Å². The predicted molar refractivity (Wildman–Crippen MR) is 127 cm³/mol. The molecular weight excluding hydrogens is 408 g/mol. The van der Waals surface area contributed by atoms with E-state index in [0.717, 1.165) is 47.9 Å². The Morgan fingerprint density at radius 1 is 1.10 bits per heavy atom. The average Bonchev–Trinajstić information content (AvgIpc) is 3.25. The molecule has 2 aromatic carbocycles. The molecule has 1 aliphatic heterocycles. The van der Waals surface area contributed by atoms with Crippen LogP contribution in [0.2, 0.25) is 0 Å². The fourth-order valence-electron chi connectivity index (χ4n) is 3.91. The molecule has 1 atom stereocenters. The Morgan fingerprint density at radius 3 is 2.58 bits per heavy atom. The van der Waals surface area contributed by atoms with Crippen molar-refractivity contribution in [1.29, 1.82) is 0 Å². The lowest BCUT2D eigenvalue weighted by Crippen LogP contribution is -2.36. The number of nitrogens with zero attached hydrogens (tertiary/aromatic N) is 2. The molecule has 1 saturated heterocycles. The lowest BCUT2D eigenvalue weighted by atomic mass is 10.1. The molecule has 0 saturated carbocycles. The summed E-state index contributed by atoms with van der Waals surface area (Å²) < 4.78 is 5.42. The van der Waals surface area contributed by atoms with Gasteiger partial charge in [0.05, 0.1) is 24.6 Å². The van der Waals surface area contributed by atoms with Crippen LogP contribution in [0.5, 0.6) is 0 Å². The number of benzene rings is 2. The fourth-order valence-corrected chi connectivity index (χ4v) is 4.86. The van der Waals surface area contributed by atoms with Crippen LogP contribution in [0.1, 0.15) is 18.8 Å². The van der Waals surface area contributed by atoms with E-state index in [9.17, 15) is 4.79 Å². The number of fused-ring (bicyclic) bond motifs is 1. The van der Waals surface area contributed by atoms with E-state index in [1.807, 2.05) is 42.6 Å². The molecule has 5 rings (SSSR count). The molecule has 6 nitrogen and oxygen atoms in total. The maximum absolute atomic E-state index is 12.9. The summed E-state index contributed by atoms with van der Waals surface area (Å²) in [6, 6.07) is 18.2. The summed E-state index contributed by atoms with van der Waals surface area (Å²) >= 11 is 1.50. The molecule has 3 heterocycles. The van der Waals surface area contributed by atoms with Gasteiger partial charge in [0.25, 0.3) is 5.56 Å². The van der Waals surface area contributed by atoms with E-state index in [0.29, 0.717) is 11.2 Å². The van der Waals surface area contributed by atoms with Crippen molar-refractivity contribution in [2.45, 2.75) is 13.0 Å². The van der Waals surface area contributed by atoms with Crippen molar-refractivity contribution in [3.05, 3.63) is 76.2 Å². The van der Waals surface area contributed by atoms with Gasteiger partial charge in [0.2, 0.25) is 0 Å². The van der Waals surface area contributed by atoms with Gasteiger partial charge >= 0.3 is 0 Å². The molecule has 2 aromatic heterocycles. The van der Waals surface area contributed by atoms with Crippen LogP contribution in [0.25, 0.3) is 21.3 Å². The minimum Gasteiger partial charge on any atom is -0.378 e. The SMILES string of the molecule is CC(Nc1ccc(N2CCOCC2)cc1)c1nc2scc(-c3ccccc3)c2c(=O)[nH]1. The number of hydrogen-bond donors (Lipinski definition) is 2. The molecule has 1 unspecified atom stereocenters. The highest BCUT2D eigenvalue weighted by Gasteiger charge is 2.16. The summed E-state index contributed by atoms with van der Waals surface area (Å²) in [5.74, 6) is 0.635. The zero-order valence-corrected chi connectivity index (χ0v) is 18.1. The van der Waals surface area contributed by atoms with Crippen molar-refractivity contribution in [3.8, 4) is 11.1 Å². The van der Waals surface area contributed by atoms with Crippen molar-refractivity contribution < 1.29 is 4.74 Å². The first-order chi connectivity index (χ1) is 15.2. The number of H-pyrrole nitrogens is 1. The number of thiophene rings is 1. The second-order valence-corrected chi connectivity index (χ2v) is 8.52. The topological polar surface area (TPSA) is 70.2 Å². The summed E-state index contributed by atoms with van der Waals surface area (Å²) in [6.45, 7) is 5.38. The normalized spacial score (nSPS) is 15.2. The lowest BCUT2D eigenvalue weighted by molar-refractivity contribution is 0.122. The number of ether oxygens (including phenoxy) is 1. The molecule has 0 bridgehead atoms. The summed E-state index contributed by atoms with van der Waals surface area (Å²) in [5.41, 5.74) is 4.04. The third-order valence-corrected chi connectivity index (χ3v) is 6.46. The van der Waals surface area contributed by atoms with Crippen LogP contribution in [-0.2, 0) is 4.74 Å². The largest absolute Gasteiger partial charge is 0.378 e. The van der Waals surface area contributed by atoms with Crippen LogP contribution in [0, 0.1) is 0 Å². The summed E-state index contributed by atoms with van der Waals surface area (Å²) in [7, 11) is 0. The molecule has 0 radical (unpaired) electrons. The highest BCUT2D eigenvalue weighted by atomic mass is 32.1. The summed E-state index contributed by atoms with van der Waals surface area (Å²) in [5, 5.41) is 6.11. The molecule has 158 valence electrons. The number of morpholine rings is 1. The zero-order valence-electron chi connectivity index (χ0n) is 17.3. The van der Waals surface area contributed by atoms with Gasteiger partial charge in [-0.05, 0) is 36.8 Å². The molecule has 7 heteroatoms. The van der Waals surface area contributed by atoms with Gasteiger partial charge in [0, 0.05) is 35.4 Å². The number of anilines is 2. The highest BCUT2D eigenvalue weighted by Crippen LogP contribution is 2.31. The molecular formula is C24H24N4O2S. The fraction of sp³-hybridized carbons (Fsp3) is 0.250. The van der Waals surface area contributed by atoms with Crippen molar-refractivity contribution >= 4 is 32.9 Å². The van der Waals surface area contributed by atoms with Crippen LogP contribution in [0.3, 0.4) is 0 Å². The second-order valence-electron chi connectivity index (χ2n) is 7.66. The van der Waals surface area contributed by atoms with Gasteiger partial charge in [-0.2, -0.15) is 0 Å². The Hall–Kier alpha value is -3.16. The quantitative estimate of drug-likeness (QED) is 0.480. The Bertz CT molecular complexity index is 1230. The van der Waals surface area contributed by atoms with E-state index in [2.05, 4.69) is 39.5 Å². The smallest absolute Gasteiger partial charge is 0.260 e. The maximum atomic E-state index is 12.9. The van der Waals surface area contributed by atoms with Crippen LogP contribution in [0.15, 0.2) is 64.8 Å². The Balaban J connectivity index is 1.36. The van der Waals surface area contributed by atoms with E-state index in [1.54, 1.807) is 0 Å². The van der Waals surface area contributed by atoms with Gasteiger partial charge in [0.1, 0.15) is 10.7 Å². The molecule has 31 heavy (non-hydrogen) atoms. The van der Waals surface area contributed by atoms with Gasteiger partial charge in [-0.25, -0.2) is 4.98 Å². The first-order valence-corrected chi connectivity index (χ1v) is 11.3. The van der Waals surface area contributed by atoms with Gasteiger partial charge in [-0.3, -0.25) is 4.79 Å². The molecule has 1 aliphatic rings. The molecule has 0 aliphatic carbocycles. The summed E-state index contributed by atoms with van der Waals surface area (Å²) in [6.07, 6.45) is 0. The lowest BCUT2D eigenvalue weighted by Gasteiger charge is -2.29. The highest BCUT2D eigenvalue weighted by molar-refractivity contribution is 7.17. The van der Waals surface area contributed by atoms with E-state index in [1.165, 1.54) is 17.0 Å². The van der Waals surface area contributed by atoms with Crippen LogP contribution in [-0.4, -0.2) is 36.3 Å². The Labute approximate surface area is 184 Å².